The van der Waals surface area contributed by atoms with Gasteiger partial charge in [-0.15, -0.1) is 0 Å². The Morgan fingerprint density at radius 3 is 2.44 bits per heavy atom. The molecule has 1 N–H and O–H groups in total. The molecule has 1 heterocycles. The van der Waals surface area contributed by atoms with E-state index < -0.39 is 0 Å². The van der Waals surface area contributed by atoms with E-state index in [2.05, 4.69) is 4.99 Å². The smallest absolute Gasteiger partial charge is 0.382 e. The van der Waals surface area contributed by atoms with E-state index >= 15 is 0 Å². The van der Waals surface area contributed by atoms with Gasteiger partial charge in [-0.3, -0.25) is 0 Å². The first-order valence-electron chi connectivity index (χ1n) is 5.85. The lowest BCUT2D eigenvalue weighted by atomic mass is 10.1. The van der Waals surface area contributed by atoms with Gasteiger partial charge in [0.05, 0.1) is 12.5 Å². The van der Waals surface area contributed by atoms with Gasteiger partial charge < -0.3 is 4.42 Å². The minimum Gasteiger partial charge on any atom is -0.461 e. The van der Waals surface area contributed by atoms with Crippen LogP contribution in [0.3, 0.4) is 0 Å². The molecule has 3 nitrogen and oxygen atoms in total. The number of aryl methyl sites for hydroxylation is 1. The first-order chi connectivity index (χ1) is 8.58. The summed E-state index contributed by atoms with van der Waals surface area (Å²) in [5, 5.41) is 0.796. The third-order valence-electron chi connectivity index (χ3n) is 2.70. The fourth-order valence-corrected chi connectivity index (χ4v) is 1.89. The maximum Gasteiger partial charge on any atom is 0.382 e. The summed E-state index contributed by atoms with van der Waals surface area (Å²) in [5.41, 5.74) is 1.94. The van der Waals surface area contributed by atoms with E-state index in [0.717, 1.165) is 28.0 Å². The summed E-state index contributed by atoms with van der Waals surface area (Å²) in [4.78, 5) is 14.0. The van der Waals surface area contributed by atoms with E-state index in [9.17, 15) is 4.79 Å². The Balaban J connectivity index is 2.70. The van der Waals surface area contributed by atoms with Gasteiger partial charge in [0, 0.05) is 11.6 Å². The Kier molecular flexibility index (Phi) is 3.42. The summed E-state index contributed by atoms with van der Waals surface area (Å²) in [6.07, 6.45) is 0. The highest BCUT2D eigenvalue weighted by Crippen LogP contribution is 2.21. The molecule has 2 aromatic rings. The molecule has 92 valence electrons. The molecule has 0 aliphatic heterocycles. The Labute approximate surface area is 106 Å². The number of benzene rings is 1. The van der Waals surface area contributed by atoms with Crippen molar-refractivity contribution in [2.45, 2.75) is 20.8 Å². The maximum atomic E-state index is 11.2. The molecule has 2 rings (SSSR count). The SMILES string of the molecule is CC(=O)[NH+]=c1cc(C)oc(-c2ccccc2)c1C. The standard InChI is InChI=1S/C15H15NO2/c1-10-9-14(16-12(3)17)11(2)15(18-10)13-7-5-4-6-8-13/h4-9H,1-3H3/p+1. The molecular weight excluding hydrogens is 226 g/mol. The van der Waals surface area contributed by atoms with Crippen LogP contribution < -0.4 is 10.3 Å². The van der Waals surface area contributed by atoms with Crippen molar-refractivity contribution >= 4 is 5.91 Å². The van der Waals surface area contributed by atoms with E-state index in [-0.39, 0.29) is 5.91 Å². The Bertz CT molecular complexity index is 639. The van der Waals surface area contributed by atoms with Gasteiger partial charge in [0.2, 0.25) is 5.36 Å². The molecule has 18 heavy (non-hydrogen) atoms. The molecule has 0 aliphatic carbocycles. The molecule has 0 saturated heterocycles. The van der Waals surface area contributed by atoms with Crippen LogP contribution >= 0.6 is 0 Å². The van der Waals surface area contributed by atoms with Crippen LogP contribution in [0.1, 0.15) is 18.2 Å². The van der Waals surface area contributed by atoms with E-state index in [1.807, 2.05) is 50.2 Å². The van der Waals surface area contributed by atoms with E-state index in [1.54, 1.807) is 0 Å². The molecule has 3 heteroatoms. The molecule has 0 unspecified atom stereocenters. The molecule has 1 amide bonds. The quantitative estimate of drug-likeness (QED) is 0.813. The van der Waals surface area contributed by atoms with Crippen molar-refractivity contribution in [2.75, 3.05) is 0 Å². The lowest BCUT2D eigenvalue weighted by Gasteiger charge is -2.04. The zero-order valence-corrected chi connectivity index (χ0v) is 10.8. The predicted octanol–water partition coefficient (Wildman–Crippen LogP) is 1.09. The fraction of sp³-hybridized carbons (Fsp3) is 0.200. The van der Waals surface area contributed by atoms with Gasteiger partial charge in [0.15, 0.2) is 0 Å². The molecule has 0 spiro atoms. The van der Waals surface area contributed by atoms with Crippen LogP contribution in [0.2, 0.25) is 0 Å². The fourth-order valence-electron chi connectivity index (χ4n) is 1.89. The Morgan fingerprint density at radius 2 is 1.83 bits per heavy atom. The molecule has 0 saturated carbocycles. The highest BCUT2D eigenvalue weighted by atomic mass is 16.3. The highest BCUT2D eigenvalue weighted by molar-refractivity contribution is 5.62. The second kappa shape index (κ2) is 5.00. The van der Waals surface area contributed by atoms with E-state index in [0.29, 0.717) is 0 Å². The molecule has 0 bridgehead atoms. The number of hydrogen-bond donors (Lipinski definition) is 1. The average molecular weight is 242 g/mol. The van der Waals surface area contributed by atoms with Crippen molar-refractivity contribution in [1.82, 2.24) is 0 Å². The summed E-state index contributed by atoms with van der Waals surface area (Å²) >= 11 is 0. The zero-order chi connectivity index (χ0) is 13.1. The predicted molar refractivity (Wildman–Crippen MR) is 68.4 cm³/mol. The van der Waals surface area contributed by atoms with Crippen LogP contribution in [0.15, 0.2) is 40.8 Å². The van der Waals surface area contributed by atoms with Crippen LogP contribution in [0.25, 0.3) is 11.3 Å². The lowest BCUT2D eigenvalue weighted by molar-refractivity contribution is -0.415. The molecule has 0 fully saturated rings. The molecule has 1 aromatic heterocycles. The van der Waals surface area contributed by atoms with Gasteiger partial charge in [-0.1, -0.05) is 30.3 Å². The van der Waals surface area contributed by atoms with E-state index in [1.165, 1.54) is 6.92 Å². The van der Waals surface area contributed by atoms with Crippen molar-refractivity contribution < 1.29 is 14.2 Å². The van der Waals surface area contributed by atoms with Gasteiger partial charge in [-0.05, 0) is 13.8 Å². The second-order valence-corrected chi connectivity index (χ2v) is 4.27. The largest absolute Gasteiger partial charge is 0.461 e. The number of carbonyl (C=O) groups excluding carboxylic acids is 1. The first-order valence-corrected chi connectivity index (χ1v) is 5.85. The van der Waals surface area contributed by atoms with Crippen LogP contribution in [-0.2, 0) is 4.79 Å². The van der Waals surface area contributed by atoms with Crippen molar-refractivity contribution in [3.8, 4) is 11.3 Å². The zero-order valence-electron chi connectivity index (χ0n) is 10.8. The van der Waals surface area contributed by atoms with Crippen LogP contribution in [-0.4, -0.2) is 5.91 Å². The van der Waals surface area contributed by atoms with Gasteiger partial charge in [0.25, 0.3) is 0 Å². The molecule has 0 aliphatic rings. The number of amides is 1. The molecule has 0 radical (unpaired) electrons. The molecule has 0 atom stereocenters. The highest BCUT2D eigenvalue weighted by Gasteiger charge is 2.11. The lowest BCUT2D eigenvalue weighted by Crippen LogP contribution is -2.80. The van der Waals surface area contributed by atoms with Crippen molar-refractivity contribution in [2.24, 2.45) is 0 Å². The van der Waals surface area contributed by atoms with Crippen LogP contribution in [0.5, 0.6) is 0 Å². The molecule has 1 aromatic carbocycles. The average Bonchev–Trinajstić information content (AvgIpc) is 2.34. The third kappa shape index (κ3) is 2.56. The monoisotopic (exact) mass is 242 g/mol. The number of carbonyl (C=O) groups is 1. The molecular formula is C15H16NO2+. The first kappa shape index (κ1) is 12.3. The number of hydrogen-bond acceptors (Lipinski definition) is 2. The van der Waals surface area contributed by atoms with Gasteiger partial charge >= 0.3 is 5.91 Å². The van der Waals surface area contributed by atoms with Gasteiger partial charge in [0.1, 0.15) is 11.5 Å². The second-order valence-electron chi connectivity index (χ2n) is 4.27. The van der Waals surface area contributed by atoms with Crippen molar-refractivity contribution in [1.29, 1.82) is 0 Å². The summed E-state index contributed by atoms with van der Waals surface area (Å²) in [5.74, 6) is 1.48. The third-order valence-corrected chi connectivity index (χ3v) is 2.70. The summed E-state index contributed by atoms with van der Waals surface area (Å²) < 4.78 is 5.77. The van der Waals surface area contributed by atoms with Crippen molar-refractivity contribution in [3.05, 3.63) is 53.1 Å². The summed E-state index contributed by atoms with van der Waals surface area (Å²) in [6.45, 7) is 5.31. The van der Waals surface area contributed by atoms with E-state index in [4.69, 9.17) is 4.42 Å². The summed E-state index contributed by atoms with van der Waals surface area (Å²) in [6, 6.07) is 11.7. The number of rotatable bonds is 1. The number of nitrogens with one attached hydrogen (secondary N) is 1. The topological polar surface area (TPSA) is 44.2 Å². The summed E-state index contributed by atoms with van der Waals surface area (Å²) in [7, 11) is 0. The van der Waals surface area contributed by atoms with Crippen LogP contribution in [0, 0.1) is 13.8 Å². The minimum atomic E-state index is -0.0808. The van der Waals surface area contributed by atoms with Crippen LogP contribution in [0.4, 0.5) is 0 Å². The van der Waals surface area contributed by atoms with Crippen molar-refractivity contribution in [3.63, 3.8) is 0 Å². The Hall–Kier alpha value is -2.16. The Morgan fingerprint density at radius 1 is 1.17 bits per heavy atom. The van der Waals surface area contributed by atoms with Gasteiger partial charge in [-0.2, -0.15) is 4.99 Å². The normalized spacial score (nSPS) is 11.6. The minimum absolute atomic E-state index is 0.0808. The maximum absolute atomic E-state index is 11.2. The van der Waals surface area contributed by atoms with Gasteiger partial charge in [-0.25, -0.2) is 4.79 Å².